The molecule has 0 atom stereocenters. The maximum absolute atomic E-state index is 12.3. The van der Waals surface area contributed by atoms with Crippen LogP contribution in [0.15, 0.2) is 41.3 Å². The van der Waals surface area contributed by atoms with E-state index in [1.54, 1.807) is 32.5 Å². The minimum absolute atomic E-state index is 0.0789. The van der Waals surface area contributed by atoms with Gasteiger partial charge >= 0.3 is 0 Å². The van der Waals surface area contributed by atoms with Gasteiger partial charge in [0.2, 0.25) is 0 Å². The second-order valence-corrected chi connectivity index (χ2v) is 5.02. The van der Waals surface area contributed by atoms with Crippen LogP contribution in [-0.4, -0.2) is 24.2 Å². The molecule has 0 bridgehead atoms. The van der Waals surface area contributed by atoms with Gasteiger partial charge in [-0.25, -0.2) is 4.98 Å². The molecule has 2 aromatic heterocycles. The molecule has 1 aromatic carbocycles. The van der Waals surface area contributed by atoms with Crippen LogP contribution in [0.1, 0.15) is 5.56 Å². The predicted molar refractivity (Wildman–Crippen MR) is 85.6 cm³/mol. The van der Waals surface area contributed by atoms with E-state index in [-0.39, 0.29) is 5.43 Å². The molecule has 2 heterocycles. The van der Waals surface area contributed by atoms with E-state index in [4.69, 9.17) is 9.47 Å². The van der Waals surface area contributed by atoms with E-state index < -0.39 is 0 Å². The molecule has 1 N–H and O–H groups in total. The average Bonchev–Trinajstić information content (AvgIpc) is 2.54. The number of benzene rings is 1. The largest absolute Gasteiger partial charge is 0.497 e. The van der Waals surface area contributed by atoms with Gasteiger partial charge in [0, 0.05) is 17.8 Å². The lowest BCUT2D eigenvalue weighted by Crippen LogP contribution is -2.05. The molecule has 0 unspecified atom stereocenters. The number of hydrogen-bond acceptors (Lipinski definition) is 4. The molecule has 0 fully saturated rings. The highest BCUT2D eigenvalue weighted by Gasteiger charge is 2.11. The summed E-state index contributed by atoms with van der Waals surface area (Å²) in [5.74, 6) is 1.34. The number of nitrogens with one attached hydrogen (secondary N) is 1. The van der Waals surface area contributed by atoms with Crippen LogP contribution in [0.3, 0.4) is 0 Å². The van der Waals surface area contributed by atoms with Gasteiger partial charge in [0.05, 0.1) is 25.3 Å². The SMILES string of the molecule is COc1ccc(OC)c(-c2cc(=O)c3cc(C)cnc3[nH]2)c1. The summed E-state index contributed by atoms with van der Waals surface area (Å²) >= 11 is 0. The molecular weight excluding hydrogens is 280 g/mol. The van der Waals surface area contributed by atoms with Gasteiger partial charge in [0.25, 0.3) is 0 Å². The first kappa shape index (κ1) is 14.1. The van der Waals surface area contributed by atoms with Crippen molar-refractivity contribution in [3.8, 4) is 22.8 Å². The number of nitrogens with zero attached hydrogens (tertiary/aromatic N) is 1. The van der Waals surface area contributed by atoms with Crippen molar-refractivity contribution >= 4 is 11.0 Å². The summed E-state index contributed by atoms with van der Waals surface area (Å²) in [6.45, 7) is 1.91. The summed E-state index contributed by atoms with van der Waals surface area (Å²) in [7, 11) is 3.19. The number of rotatable bonds is 3. The van der Waals surface area contributed by atoms with Gasteiger partial charge < -0.3 is 14.5 Å². The van der Waals surface area contributed by atoms with E-state index in [1.165, 1.54) is 0 Å². The van der Waals surface area contributed by atoms with E-state index in [0.29, 0.717) is 28.2 Å². The number of H-pyrrole nitrogens is 1. The lowest BCUT2D eigenvalue weighted by molar-refractivity contribution is 0.404. The van der Waals surface area contributed by atoms with Crippen molar-refractivity contribution in [3.05, 3.63) is 52.3 Å². The number of aromatic amines is 1. The lowest BCUT2D eigenvalue weighted by Gasteiger charge is -2.11. The van der Waals surface area contributed by atoms with E-state index in [1.807, 2.05) is 25.1 Å². The monoisotopic (exact) mass is 296 g/mol. The Hall–Kier alpha value is -2.82. The Morgan fingerprint density at radius 3 is 2.64 bits per heavy atom. The average molecular weight is 296 g/mol. The molecule has 22 heavy (non-hydrogen) atoms. The molecule has 0 radical (unpaired) electrons. The van der Waals surface area contributed by atoms with Crippen molar-refractivity contribution in [2.45, 2.75) is 6.92 Å². The van der Waals surface area contributed by atoms with Crippen LogP contribution in [0.25, 0.3) is 22.3 Å². The van der Waals surface area contributed by atoms with E-state index in [2.05, 4.69) is 9.97 Å². The van der Waals surface area contributed by atoms with Gasteiger partial charge in [-0.3, -0.25) is 4.79 Å². The summed E-state index contributed by atoms with van der Waals surface area (Å²) in [6.07, 6.45) is 1.73. The van der Waals surface area contributed by atoms with Crippen molar-refractivity contribution in [1.29, 1.82) is 0 Å². The Morgan fingerprint density at radius 1 is 1.09 bits per heavy atom. The molecule has 0 saturated carbocycles. The van der Waals surface area contributed by atoms with Crippen molar-refractivity contribution < 1.29 is 9.47 Å². The normalized spacial score (nSPS) is 10.7. The molecule has 0 amide bonds. The standard InChI is InChI=1S/C17H16N2O3/c1-10-6-13-15(20)8-14(19-17(13)18-9-10)12-7-11(21-2)4-5-16(12)22-3/h4-9H,1-3H3,(H,18,19,20). The van der Waals surface area contributed by atoms with Crippen molar-refractivity contribution in [3.63, 3.8) is 0 Å². The summed E-state index contributed by atoms with van der Waals surface area (Å²) in [4.78, 5) is 19.8. The quantitative estimate of drug-likeness (QED) is 0.807. The number of aryl methyl sites for hydroxylation is 1. The van der Waals surface area contributed by atoms with Gasteiger partial charge in [-0.15, -0.1) is 0 Å². The maximum atomic E-state index is 12.3. The highest BCUT2D eigenvalue weighted by molar-refractivity contribution is 5.80. The summed E-state index contributed by atoms with van der Waals surface area (Å²) in [5.41, 5.74) is 2.82. The fraction of sp³-hybridized carbons (Fsp3) is 0.176. The van der Waals surface area contributed by atoms with Gasteiger partial charge in [-0.2, -0.15) is 0 Å². The van der Waals surface area contributed by atoms with Crippen molar-refractivity contribution in [2.24, 2.45) is 0 Å². The molecule has 0 aliphatic rings. The fourth-order valence-corrected chi connectivity index (χ4v) is 2.40. The van der Waals surface area contributed by atoms with E-state index in [0.717, 1.165) is 11.1 Å². The first-order valence-corrected chi connectivity index (χ1v) is 6.84. The number of pyridine rings is 2. The Bertz CT molecular complexity index is 900. The second kappa shape index (κ2) is 5.52. The summed E-state index contributed by atoms with van der Waals surface area (Å²) < 4.78 is 10.6. The van der Waals surface area contributed by atoms with Crippen LogP contribution in [-0.2, 0) is 0 Å². The Balaban J connectivity index is 2.26. The van der Waals surface area contributed by atoms with Crippen LogP contribution in [0.2, 0.25) is 0 Å². The van der Waals surface area contributed by atoms with Gasteiger partial charge in [-0.05, 0) is 36.8 Å². The van der Waals surface area contributed by atoms with Gasteiger partial charge in [0.15, 0.2) is 5.43 Å². The molecule has 0 aliphatic carbocycles. The van der Waals surface area contributed by atoms with Crippen LogP contribution < -0.4 is 14.9 Å². The third-order valence-corrected chi connectivity index (χ3v) is 3.52. The first-order valence-electron chi connectivity index (χ1n) is 6.84. The number of fused-ring (bicyclic) bond motifs is 1. The fourth-order valence-electron chi connectivity index (χ4n) is 2.40. The lowest BCUT2D eigenvalue weighted by atomic mass is 10.1. The highest BCUT2D eigenvalue weighted by Crippen LogP contribution is 2.32. The van der Waals surface area contributed by atoms with Gasteiger partial charge in [-0.1, -0.05) is 0 Å². The molecule has 3 aromatic rings. The topological polar surface area (TPSA) is 64.2 Å². The van der Waals surface area contributed by atoms with Crippen molar-refractivity contribution in [1.82, 2.24) is 9.97 Å². The molecule has 3 rings (SSSR count). The Morgan fingerprint density at radius 2 is 1.91 bits per heavy atom. The Labute approximate surface area is 127 Å². The smallest absolute Gasteiger partial charge is 0.191 e. The molecule has 112 valence electrons. The van der Waals surface area contributed by atoms with Crippen LogP contribution in [0.4, 0.5) is 0 Å². The zero-order chi connectivity index (χ0) is 15.7. The van der Waals surface area contributed by atoms with Crippen LogP contribution >= 0.6 is 0 Å². The molecule has 0 spiro atoms. The molecule has 5 nitrogen and oxygen atoms in total. The van der Waals surface area contributed by atoms with E-state index >= 15 is 0 Å². The predicted octanol–water partition coefficient (Wildman–Crippen LogP) is 2.92. The second-order valence-electron chi connectivity index (χ2n) is 5.02. The van der Waals surface area contributed by atoms with E-state index in [9.17, 15) is 4.79 Å². The highest BCUT2D eigenvalue weighted by atomic mass is 16.5. The number of hydrogen-bond donors (Lipinski definition) is 1. The third kappa shape index (κ3) is 2.41. The third-order valence-electron chi connectivity index (χ3n) is 3.52. The molecule has 0 aliphatic heterocycles. The van der Waals surface area contributed by atoms with Crippen LogP contribution in [0, 0.1) is 6.92 Å². The molecule has 5 heteroatoms. The van der Waals surface area contributed by atoms with Crippen LogP contribution in [0.5, 0.6) is 11.5 Å². The Kier molecular flexibility index (Phi) is 3.55. The first-order chi connectivity index (χ1) is 10.6. The number of ether oxygens (including phenoxy) is 2. The maximum Gasteiger partial charge on any atom is 0.191 e. The molecule has 0 saturated heterocycles. The zero-order valence-electron chi connectivity index (χ0n) is 12.6. The summed E-state index contributed by atoms with van der Waals surface area (Å²) in [6, 6.07) is 8.82. The number of methoxy groups -OCH3 is 2. The van der Waals surface area contributed by atoms with Crippen molar-refractivity contribution in [2.75, 3.05) is 14.2 Å². The van der Waals surface area contributed by atoms with Gasteiger partial charge in [0.1, 0.15) is 17.1 Å². The number of aromatic nitrogens is 2. The zero-order valence-corrected chi connectivity index (χ0v) is 12.6. The minimum atomic E-state index is -0.0789. The molecular formula is C17H16N2O3. The minimum Gasteiger partial charge on any atom is -0.497 e. The summed E-state index contributed by atoms with van der Waals surface area (Å²) in [5, 5.41) is 0.575.